The van der Waals surface area contributed by atoms with Crippen molar-refractivity contribution in [2.75, 3.05) is 10.6 Å². The minimum atomic E-state index is 0.328. The van der Waals surface area contributed by atoms with Crippen LogP contribution in [-0.4, -0.2) is 15.2 Å². The number of benzene rings is 1. The van der Waals surface area contributed by atoms with E-state index in [1.165, 1.54) is 0 Å². The molecule has 114 valence electrons. The SMILES string of the molecule is S=C(NNC(=S)Nc1ccc(Cl)c(Cl)c1)Nc1cccnc1. The number of hydrogen-bond acceptors (Lipinski definition) is 3. The quantitative estimate of drug-likeness (QED) is 0.475. The molecule has 4 N–H and O–H groups in total. The molecule has 5 nitrogen and oxygen atoms in total. The fourth-order valence-corrected chi connectivity index (χ4v) is 2.08. The van der Waals surface area contributed by atoms with E-state index in [1.54, 1.807) is 36.7 Å². The lowest BCUT2D eigenvalue weighted by Gasteiger charge is -2.14. The van der Waals surface area contributed by atoms with Gasteiger partial charge in [0.05, 0.1) is 21.9 Å². The molecular weight excluding hydrogens is 361 g/mol. The van der Waals surface area contributed by atoms with E-state index < -0.39 is 0 Å². The van der Waals surface area contributed by atoms with Gasteiger partial charge in [-0.15, -0.1) is 0 Å². The van der Waals surface area contributed by atoms with Gasteiger partial charge >= 0.3 is 0 Å². The summed E-state index contributed by atoms with van der Waals surface area (Å²) in [4.78, 5) is 3.97. The van der Waals surface area contributed by atoms with Gasteiger partial charge in [0.25, 0.3) is 0 Å². The van der Waals surface area contributed by atoms with E-state index in [9.17, 15) is 0 Å². The number of anilines is 2. The molecule has 22 heavy (non-hydrogen) atoms. The number of hydrazine groups is 1. The molecule has 1 aromatic heterocycles. The first kappa shape index (κ1) is 16.7. The van der Waals surface area contributed by atoms with Crippen molar-refractivity contribution in [3.05, 3.63) is 52.8 Å². The van der Waals surface area contributed by atoms with Gasteiger partial charge in [0, 0.05) is 11.9 Å². The normalized spacial score (nSPS) is 9.73. The van der Waals surface area contributed by atoms with E-state index in [0.29, 0.717) is 26.0 Å². The van der Waals surface area contributed by atoms with Crippen molar-refractivity contribution in [3.8, 4) is 0 Å². The van der Waals surface area contributed by atoms with Crippen molar-refractivity contribution in [2.45, 2.75) is 0 Å². The molecule has 0 saturated heterocycles. The van der Waals surface area contributed by atoms with Gasteiger partial charge in [-0.25, -0.2) is 0 Å². The lowest BCUT2D eigenvalue weighted by molar-refractivity contribution is 0.885. The lowest BCUT2D eigenvalue weighted by Crippen LogP contribution is -2.45. The first-order valence-electron chi connectivity index (χ1n) is 6.03. The third-order valence-electron chi connectivity index (χ3n) is 2.39. The molecule has 1 aromatic carbocycles. The second-order valence-electron chi connectivity index (χ2n) is 4.03. The van der Waals surface area contributed by atoms with E-state index in [2.05, 4.69) is 26.5 Å². The fourth-order valence-electron chi connectivity index (χ4n) is 1.45. The Morgan fingerprint density at radius 2 is 1.59 bits per heavy atom. The molecule has 0 aliphatic heterocycles. The number of nitrogens with one attached hydrogen (secondary N) is 4. The predicted octanol–water partition coefficient (Wildman–Crippen LogP) is 3.58. The monoisotopic (exact) mass is 371 g/mol. The molecule has 0 aliphatic rings. The summed E-state index contributed by atoms with van der Waals surface area (Å²) < 4.78 is 0. The van der Waals surface area contributed by atoms with Gasteiger partial charge < -0.3 is 10.6 Å². The molecular formula is C13H11Cl2N5S2. The van der Waals surface area contributed by atoms with Crippen LogP contribution in [0.25, 0.3) is 0 Å². The highest BCUT2D eigenvalue weighted by Gasteiger charge is 2.02. The van der Waals surface area contributed by atoms with Gasteiger partial charge in [0.1, 0.15) is 0 Å². The summed E-state index contributed by atoms with van der Waals surface area (Å²) in [5, 5.41) is 7.49. The summed E-state index contributed by atoms with van der Waals surface area (Å²) in [7, 11) is 0. The smallest absolute Gasteiger partial charge is 0.189 e. The standard InChI is InChI=1S/C13H11Cl2N5S2/c14-10-4-3-8(6-11(10)15)17-12(21)19-20-13(22)18-9-2-1-5-16-7-9/h1-7H,(H2,17,19,21)(H2,18,20,22). The van der Waals surface area contributed by atoms with Crippen molar-refractivity contribution >= 4 is 69.2 Å². The molecule has 9 heteroatoms. The summed E-state index contributed by atoms with van der Waals surface area (Å²) >= 11 is 22.0. The van der Waals surface area contributed by atoms with Crippen LogP contribution in [0.3, 0.4) is 0 Å². The second-order valence-corrected chi connectivity index (χ2v) is 5.66. The van der Waals surface area contributed by atoms with E-state index in [1.807, 2.05) is 6.07 Å². The number of aromatic nitrogens is 1. The number of rotatable bonds is 2. The summed E-state index contributed by atoms with van der Waals surface area (Å²) in [6.45, 7) is 0. The van der Waals surface area contributed by atoms with Crippen LogP contribution in [0.5, 0.6) is 0 Å². The zero-order chi connectivity index (χ0) is 15.9. The third-order valence-corrected chi connectivity index (χ3v) is 3.53. The van der Waals surface area contributed by atoms with E-state index in [0.717, 1.165) is 5.69 Å². The molecule has 0 unspecified atom stereocenters. The Bertz CT molecular complexity index is 681. The highest BCUT2D eigenvalue weighted by Crippen LogP contribution is 2.24. The molecule has 0 radical (unpaired) electrons. The van der Waals surface area contributed by atoms with Crippen LogP contribution in [0.4, 0.5) is 11.4 Å². The molecule has 2 rings (SSSR count). The Kier molecular flexibility index (Phi) is 6.14. The van der Waals surface area contributed by atoms with Crippen molar-refractivity contribution in [1.29, 1.82) is 0 Å². The zero-order valence-corrected chi connectivity index (χ0v) is 14.2. The largest absolute Gasteiger partial charge is 0.331 e. The van der Waals surface area contributed by atoms with Gasteiger partial charge in [0.15, 0.2) is 10.2 Å². The van der Waals surface area contributed by atoms with Crippen LogP contribution in [0, 0.1) is 0 Å². The van der Waals surface area contributed by atoms with Crippen LogP contribution in [-0.2, 0) is 0 Å². The molecule has 0 spiro atoms. The summed E-state index contributed by atoms with van der Waals surface area (Å²) in [6.07, 6.45) is 3.33. The maximum Gasteiger partial charge on any atom is 0.189 e. The third kappa shape index (κ3) is 5.27. The molecule has 0 aliphatic carbocycles. The highest BCUT2D eigenvalue weighted by atomic mass is 35.5. The Morgan fingerprint density at radius 3 is 2.18 bits per heavy atom. The maximum atomic E-state index is 5.93. The van der Waals surface area contributed by atoms with E-state index in [-0.39, 0.29) is 0 Å². The van der Waals surface area contributed by atoms with Crippen LogP contribution < -0.4 is 21.5 Å². The number of thiocarbonyl (C=S) groups is 2. The Labute approximate surface area is 148 Å². The minimum absolute atomic E-state index is 0.328. The Hall–Kier alpha value is -1.67. The molecule has 2 aromatic rings. The maximum absolute atomic E-state index is 5.93. The molecule has 0 atom stereocenters. The van der Waals surface area contributed by atoms with Crippen molar-refractivity contribution < 1.29 is 0 Å². The van der Waals surface area contributed by atoms with Crippen molar-refractivity contribution in [3.63, 3.8) is 0 Å². The highest BCUT2D eigenvalue weighted by molar-refractivity contribution is 7.81. The van der Waals surface area contributed by atoms with Crippen LogP contribution in [0.15, 0.2) is 42.7 Å². The van der Waals surface area contributed by atoms with Crippen LogP contribution >= 0.6 is 47.6 Å². The Morgan fingerprint density at radius 1 is 0.909 bits per heavy atom. The molecule has 0 bridgehead atoms. The second kappa shape index (κ2) is 8.09. The Balaban J connectivity index is 1.80. The van der Waals surface area contributed by atoms with Gasteiger partial charge in [0.2, 0.25) is 0 Å². The van der Waals surface area contributed by atoms with Gasteiger partial charge in [-0.05, 0) is 54.8 Å². The number of pyridine rings is 1. The first-order valence-corrected chi connectivity index (χ1v) is 7.61. The lowest BCUT2D eigenvalue weighted by atomic mass is 10.3. The molecule has 0 amide bonds. The number of halogens is 2. The average Bonchev–Trinajstić information content (AvgIpc) is 2.50. The summed E-state index contributed by atoms with van der Waals surface area (Å²) in [5.74, 6) is 0. The van der Waals surface area contributed by atoms with Gasteiger partial charge in [-0.3, -0.25) is 15.8 Å². The molecule has 0 fully saturated rings. The minimum Gasteiger partial charge on any atom is -0.331 e. The van der Waals surface area contributed by atoms with Crippen molar-refractivity contribution in [2.24, 2.45) is 0 Å². The number of hydrogen-bond donors (Lipinski definition) is 4. The zero-order valence-electron chi connectivity index (χ0n) is 11.1. The van der Waals surface area contributed by atoms with Gasteiger partial charge in [-0.2, -0.15) is 0 Å². The average molecular weight is 372 g/mol. The van der Waals surface area contributed by atoms with Crippen LogP contribution in [0.2, 0.25) is 10.0 Å². The predicted molar refractivity (Wildman–Crippen MR) is 99.4 cm³/mol. The first-order chi connectivity index (χ1) is 10.5. The summed E-state index contributed by atoms with van der Waals surface area (Å²) in [6, 6.07) is 8.75. The fraction of sp³-hybridized carbons (Fsp3) is 0. The van der Waals surface area contributed by atoms with E-state index in [4.69, 9.17) is 47.6 Å². The van der Waals surface area contributed by atoms with Crippen molar-refractivity contribution in [1.82, 2.24) is 15.8 Å². The van der Waals surface area contributed by atoms with Crippen LogP contribution in [0.1, 0.15) is 0 Å². The van der Waals surface area contributed by atoms with E-state index >= 15 is 0 Å². The molecule has 0 saturated carbocycles. The topological polar surface area (TPSA) is 61.0 Å². The summed E-state index contributed by atoms with van der Waals surface area (Å²) in [5.41, 5.74) is 6.99. The van der Waals surface area contributed by atoms with Gasteiger partial charge in [-0.1, -0.05) is 23.2 Å². The number of nitrogens with zero attached hydrogens (tertiary/aromatic N) is 1. The molecule has 1 heterocycles.